The van der Waals surface area contributed by atoms with E-state index in [9.17, 15) is 9.90 Å². The van der Waals surface area contributed by atoms with Crippen LogP contribution in [0.25, 0.3) is 0 Å². The number of aliphatic hydroxyl groups excluding tert-OH is 1. The first-order valence-corrected chi connectivity index (χ1v) is 7.36. The summed E-state index contributed by atoms with van der Waals surface area (Å²) in [6.45, 7) is 0. The van der Waals surface area contributed by atoms with Crippen molar-refractivity contribution in [2.24, 2.45) is 4.99 Å². The third-order valence-corrected chi connectivity index (χ3v) is 3.87. The fourth-order valence-electron chi connectivity index (χ4n) is 2.68. The molecule has 110 valence electrons. The van der Waals surface area contributed by atoms with E-state index in [1.807, 2.05) is 60.7 Å². The molecule has 0 radical (unpaired) electrons. The smallest absolute Gasteiger partial charge is 0.167 e. The van der Waals surface area contributed by atoms with Gasteiger partial charge in [0, 0.05) is 18.6 Å². The van der Waals surface area contributed by atoms with Crippen LogP contribution in [0.3, 0.4) is 0 Å². The molecule has 2 aromatic carbocycles. The van der Waals surface area contributed by atoms with Crippen molar-refractivity contribution in [2.45, 2.75) is 18.8 Å². The highest BCUT2D eigenvalue weighted by molar-refractivity contribution is 6.14. The summed E-state index contributed by atoms with van der Waals surface area (Å²) >= 11 is 0. The summed E-state index contributed by atoms with van der Waals surface area (Å²) in [4.78, 5) is 16.4. The number of carbonyl (C=O) groups excluding carboxylic acids is 1. The number of hydrogen-bond acceptors (Lipinski definition) is 3. The lowest BCUT2D eigenvalue weighted by molar-refractivity contribution is -0.115. The zero-order chi connectivity index (χ0) is 15.4. The second-order valence-corrected chi connectivity index (χ2v) is 5.32. The Morgan fingerprint density at radius 2 is 1.64 bits per heavy atom. The fraction of sp³-hybridized carbons (Fsp3) is 0.158. The van der Waals surface area contributed by atoms with Gasteiger partial charge in [0.15, 0.2) is 5.78 Å². The molecule has 0 aliphatic heterocycles. The third-order valence-electron chi connectivity index (χ3n) is 3.87. The maximum Gasteiger partial charge on any atom is 0.167 e. The topological polar surface area (TPSA) is 49.7 Å². The van der Waals surface area contributed by atoms with Crippen LogP contribution in [0.15, 0.2) is 77.0 Å². The first kappa shape index (κ1) is 14.3. The predicted molar refractivity (Wildman–Crippen MR) is 87.7 cm³/mol. The van der Waals surface area contributed by atoms with Crippen LogP contribution in [-0.4, -0.2) is 17.1 Å². The van der Waals surface area contributed by atoms with Gasteiger partial charge in [-0.15, -0.1) is 0 Å². The van der Waals surface area contributed by atoms with E-state index in [2.05, 4.69) is 4.99 Å². The van der Waals surface area contributed by atoms with Crippen molar-refractivity contribution in [2.75, 3.05) is 0 Å². The maximum atomic E-state index is 12.1. The quantitative estimate of drug-likeness (QED) is 0.855. The molecule has 0 saturated carbocycles. The molecule has 1 atom stereocenters. The lowest BCUT2D eigenvalue weighted by atomic mass is 9.83. The van der Waals surface area contributed by atoms with Crippen molar-refractivity contribution in [3.05, 3.63) is 77.6 Å². The molecule has 0 saturated heterocycles. The van der Waals surface area contributed by atoms with Crippen LogP contribution in [0.4, 0.5) is 5.69 Å². The molecule has 3 nitrogen and oxygen atoms in total. The Morgan fingerprint density at radius 3 is 2.32 bits per heavy atom. The van der Waals surface area contributed by atoms with E-state index >= 15 is 0 Å². The summed E-state index contributed by atoms with van der Waals surface area (Å²) < 4.78 is 0. The Morgan fingerprint density at radius 1 is 1.00 bits per heavy atom. The molecule has 1 unspecified atom stereocenters. The fourth-order valence-corrected chi connectivity index (χ4v) is 2.68. The molecule has 2 aromatic rings. The standard InChI is InChI=1S/C19H17NO2/c21-18-12-11-16(14-7-3-1-4-8-14)19(22)17(18)13-20-15-9-5-2-6-10-15/h1-10,13,16,22H,11-12H2. The van der Waals surface area contributed by atoms with E-state index in [-0.39, 0.29) is 17.5 Å². The number of aliphatic hydroxyl groups is 1. The average Bonchev–Trinajstić information content (AvgIpc) is 2.56. The Hall–Kier alpha value is -2.68. The van der Waals surface area contributed by atoms with Crippen molar-refractivity contribution in [3.8, 4) is 0 Å². The summed E-state index contributed by atoms with van der Waals surface area (Å²) in [6.07, 6.45) is 2.55. The van der Waals surface area contributed by atoms with Crippen LogP contribution in [0, 0.1) is 0 Å². The number of allylic oxidation sites excluding steroid dienone is 2. The van der Waals surface area contributed by atoms with Gasteiger partial charge in [-0.2, -0.15) is 0 Å². The number of Topliss-reactive ketones (excluding diaryl/α,β-unsaturated/α-hetero) is 1. The van der Waals surface area contributed by atoms with Crippen LogP contribution in [0.2, 0.25) is 0 Å². The second kappa shape index (κ2) is 6.39. The number of para-hydroxylation sites is 1. The van der Waals surface area contributed by atoms with Gasteiger partial charge < -0.3 is 5.11 Å². The second-order valence-electron chi connectivity index (χ2n) is 5.32. The van der Waals surface area contributed by atoms with Crippen molar-refractivity contribution < 1.29 is 9.90 Å². The first-order valence-electron chi connectivity index (χ1n) is 7.36. The van der Waals surface area contributed by atoms with Crippen molar-refractivity contribution >= 4 is 17.7 Å². The van der Waals surface area contributed by atoms with Gasteiger partial charge in [0.05, 0.1) is 11.3 Å². The Bertz CT molecular complexity index is 718. The van der Waals surface area contributed by atoms with Crippen LogP contribution >= 0.6 is 0 Å². The summed E-state index contributed by atoms with van der Waals surface area (Å²) in [5.74, 6) is -0.0531. The Balaban J connectivity index is 1.93. The highest BCUT2D eigenvalue weighted by Gasteiger charge is 2.28. The van der Waals surface area contributed by atoms with Crippen LogP contribution < -0.4 is 0 Å². The predicted octanol–water partition coefficient (Wildman–Crippen LogP) is 4.35. The largest absolute Gasteiger partial charge is 0.511 e. The first-order chi connectivity index (χ1) is 10.8. The number of benzene rings is 2. The summed E-state index contributed by atoms with van der Waals surface area (Å²) in [7, 11) is 0. The van der Waals surface area contributed by atoms with E-state index in [1.54, 1.807) is 0 Å². The van der Waals surface area contributed by atoms with Gasteiger partial charge in [0.2, 0.25) is 0 Å². The van der Waals surface area contributed by atoms with E-state index in [4.69, 9.17) is 0 Å². The van der Waals surface area contributed by atoms with E-state index in [0.717, 1.165) is 11.3 Å². The number of ketones is 1. The summed E-state index contributed by atoms with van der Waals surface area (Å²) in [5, 5.41) is 10.5. The average molecular weight is 291 g/mol. The minimum Gasteiger partial charge on any atom is -0.511 e. The van der Waals surface area contributed by atoms with Crippen LogP contribution in [-0.2, 0) is 4.79 Å². The van der Waals surface area contributed by atoms with Gasteiger partial charge in [-0.3, -0.25) is 9.79 Å². The Kier molecular flexibility index (Phi) is 4.15. The van der Waals surface area contributed by atoms with E-state index in [0.29, 0.717) is 18.4 Å². The molecule has 0 aromatic heterocycles. The third kappa shape index (κ3) is 2.98. The normalized spacial score (nSPS) is 18.9. The molecule has 3 rings (SSSR count). The molecule has 3 heteroatoms. The summed E-state index contributed by atoms with van der Waals surface area (Å²) in [6, 6.07) is 19.2. The zero-order valence-corrected chi connectivity index (χ0v) is 12.1. The van der Waals surface area contributed by atoms with E-state index in [1.165, 1.54) is 6.21 Å². The van der Waals surface area contributed by atoms with Crippen molar-refractivity contribution in [1.29, 1.82) is 0 Å². The molecule has 1 N–H and O–H groups in total. The lowest BCUT2D eigenvalue weighted by Crippen LogP contribution is -2.19. The van der Waals surface area contributed by atoms with Gasteiger partial charge in [0.25, 0.3) is 0 Å². The molecule has 1 aliphatic rings. The molecular formula is C19H17NO2. The van der Waals surface area contributed by atoms with E-state index < -0.39 is 0 Å². The summed E-state index contributed by atoms with van der Waals surface area (Å²) in [5.41, 5.74) is 2.11. The molecule has 0 heterocycles. The molecule has 22 heavy (non-hydrogen) atoms. The SMILES string of the molecule is O=C1CCC(c2ccccc2)C(O)=C1C=Nc1ccccc1. The molecule has 0 spiro atoms. The number of hydrogen-bond donors (Lipinski definition) is 1. The molecule has 1 aliphatic carbocycles. The minimum absolute atomic E-state index is 0.0515. The minimum atomic E-state index is -0.129. The monoisotopic (exact) mass is 291 g/mol. The maximum absolute atomic E-state index is 12.1. The lowest BCUT2D eigenvalue weighted by Gasteiger charge is -2.22. The van der Waals surface area contributed by atoms with Gasteiger partial charge in [0.1, 0.15) is 5.76 Å². The molecule has 0 amide bonds. The van der Waals surface area contributed by atoms with Crippen molar-refractivity contribution in [1.82, 2.24) is 0 Å². The molecular weight excluding hydrogens is 274 g/mol. The van der Waals surface area contributed by atoms with Gasteiger partial charge >= 0.3 is 0 Å². The number of aliphatic imine (C=N–C) groups is 1. The van der Waals surface area contributed by atoms with Crippen LogP contribution in [0.1, 0.15) is 24.3 Å². The molecule has 0 fully saturated rings. The molecule has 0 bridgehead atoms. The Labute approximate surface area is 129 Å². The number of nitrogens with zero attached hydrogens (tertiary/aromatic N) is 1. The number of carbonyl (C=O) groups is 1. The van der Waals surface area contributed by atoms with Crippen molar-refractivity contribution in [3.63, 3.8) is 0 Å². The van der Waals surface area contributed by atoms with Crippen LogP contribution in [0.5, 0.6) is 0 Å². The highest BCUT2D eigenvalue weighted by atomic mass is 16.3. The van der Waals surface area contributed by atoms with Gasteiger partial charge in [-0.25, -0.2) is 0 Å². The highest BCUT2D eigenvalue weighted by Crippen LogP contribution is 2.34. The number of rotatable bonds is 3. The van der Waals surface area contributed by atoms with Gasteiger partial charge in [-0.1, -0.05) is 48.5 Å². The van der Waals surface area contributed by atoms with Gasteiger partial charge in [-0.05, 0) is 24.1 Å². The zero-order valence-electron chi connectivity index (χ0n) is 12.1.